The van der Waals surface area contributed by atoms with Crippen LogP contribution in [0.15, 0.2) is 18.3 Å². The van der Waals surface area contributed by atoms with Crippen LogP contribution >= 0.6 is 0 Å². The van der Waals surface area contributed by atoms with E-state index in [9.17, 15) is 0 Å². The van der Waals surface area contributed by atoms with Crippen molar-refractivity contribution in [3.05, 3.63) is 24.0 Å². The van der Waals surface area contributed by atoms with Crippen molar-refractivity contribution in [2.24, 2.45) is 13.0 Å². The van der Waals surface area contributed by atoms with E-state index in [1.807, 2.05) is 0 Å². The van der Waals surface area contributed by atoms with Gasteiger partial charge in [0, 0.05) is 31.5 Å². The van der Waals surface area contributed by atoms with E-state index in [2.05, 4.69) is 42.2 Å². The average Bonchev–Trinajstić information content (AvgIpc) is 2.96. The molecule has 0 spiro atoms. The zero-order valence-corrected chi connectivity index (χ0v) is 9.87. The number of nitrogens with zero attached hydrogens (tertiary/aromatic N) is 1. The van der Waals surface area contributed by atoms with Gasteiger partial charge in [-0.3, -0.25) is 0 Å². The maximum absolute atomic E-state index is 3.66. The molecular formula is C13H22N2. The largest absolute Gasteiger partial charge is 0.353 e. The average molecular weight is 206 g/mol. The lowest BCUT2D eigenvalue weighted by Crippen LogP contribution is -2.29. The second-order valence-electron chi connectivity index (χ2n) is 4.78. The van der Waals surface area contributed by atoms with Crippen molar-refractivity contribution < 1.29 is 0 Å². The minimum atomic E-state index is 0.715. The Morgan fingerprint density at radius 2 is 2.33 bits per heavy atom. The minimum absolute atomic E-state index is 0.715. The third-order valence-corrected chi connectivity index (χ3v) is 3.43. The predicted octanol–water partition coefficient (Wildman–Crippen LogP) is 2.69. The van der Waals surface area contributed by atoms with E-state index >= 15 is 0 Å². The van der Waals surface area contributed by atoms with Crippen LogP contribution < -0.4 is 5.32 Å². The van der Waals surface area contributed by atoms with Crippen LogP contribution in [0.5, 0.6) is 0 Å². The molecular weight excluding hydrogens is 184 g/mol. The molecule has 1 heterocycles. The SMILES string of the molecule is CCC(CC1CC1)NCc1cccn1C. The van der Waals surface area contributed by atoms with Crippen LogP contribution in [0.4, 0.5) is 0 Å². The van der Waals surface area contributed by atoms with Gasteiger partial charge in [0.1, 0.15) is 0 Å². The predicted molar refractivity (Wildman–Crippen MR) is 63.7 cm³/mol. The molecule has 1 fully saturated rings. The van der Waals surface area contributed by atoms with Crippen molar-refractivity contribution in [1.82, 2.24) is 9.88 Å². The highest BCUT2D eigenvalue weighted by molar-refractivity contribution is 5.06. The molecule has 1 aromatic rings. The van der Waals surface area contributed by atoms with Gasteiger partial charge in [0.05, 0.1) is 0 Å². The van der Waals surface area contributed by atoms with Crippen LogP contribution in [0.25, 0.3) is 0 Å². The number of aryl methyl sites for hydroxylation is 1. The molecule has 1 N–H and O–H groups in total. The van der Waals surface area contributed by atoms with Gasteiger partial charge in [0.2, 0.25) is 0 Å². The number of hydrogen-bond acceptors (Lipinski definition) is 1. The van der Waals surface area contributed by atoms with E-state index in [1.54, 1.807) is 0 Å². The highest BCUT2D eigenvalue weighted by Gasteiger charge is 2.24. The number of nitrogens with one attached hydrogen (secondary N) is 1. The van der Waals surface area contributed by atoms with E-state index in [4.69, 9.17) is 0 Å². The standard InChI is InChI=1S/C13H22N2/c1-3-12(9-11-6-7-11)14-10-13-5-4-8-15(13)2/h4-5,8,11-12,14H,3,6-7,9-10H2,1-2H3. The quantitative estimate of drug-likeness (QED) is 0.757. The Hall–Kier alpha value is -0.760. The molecule has 0 saturated heterocycles. The summed E-state index contributed by atoms with van der Waals surface area (Å²) in [6, 6.07) is 5.02. The molecule has 15 heavy (non-hydrogen) atoms. The highest BCUT2D eigenvalue weighted by Crippen LogP contribution is 2.34. The summed E-state index contributed by atoms with van der Waals surface area (Å²) in [5, 5.41) is 3.66. The lowest BCUT2D eigenvalue weighted by atomic mass is 10.1. The van der Waals surface area contributed by atoms with Gasteiger partial charge in [-0.1, -0.05) is 19.8 Å². The summed E-state index contributed by atoms with van der Waals surface area (Å²) in [6.45, 7) is 3.29. The van der Waals surface area contributed by atoms with Gasteiger partial charge in [0.25, 0.3) is 0 Å². The topological polar surface area (TPSA) is 17.0 Å². The van der Waals surface area contributed by atoms with E-state index in [-0.39, 0.29) is 0 Å². The van der Waals surface area contributed by atoms with Crippen molar-refractivity contribution in [2.45, 2.75) is 45.2 Å². The number of hydrogen-bond donors (Lipinski definition) is 1. The number of rotatable bonds is 6. The maximum Gasteiger partial charge on any atom is 0.0361 e. The Morgan fingerprint density at radius 3 is 2.87 bits per heavy atom. The van der Waals surface area contributed by atoms with Gasteiger partial charge >= 0.3 is 0 Å². The first-order valence-electron chi connectivity index (χ1n) is 6.13. The Morgan fingerprint density at radius 1 is 1.53 bits per heavy atom. The molecule has 1 aliphatic carbocycles. The molecule has 0 radical (unpaired) electrons. The van der Waals surface area contributed by atoms with Crippen molar-refractivity contribution in [1.29, 1.82) is 0 Å². The van der Waals surface area contributed by atoms with Gasteiger partial charge < -0.3 is 9.88 Å². The molecule has 0 aliphatic heterocycles. The van der Waals surface area contributed by atoms with E-state index < -0.39 is 0 Å². The lowest BCUT2D eigenvalue weighted by Gasteiger charge is -2.16. The fourth-order valence-electron chi connectivity index (χ4n) is 2.08. The molecule has 2 heteroatoms. The van der Waals surface area contributed by atoms with Crippen LogP contribution in [0.2, 0.25) is 0 Å². The van der Waals surface area contributed by atoms with Crippen molar-refractivity contribution in [3.63, 3.8) is 0 Å². The smallest absolute Gasteiger partial charge is 0.0361 e. The van der Waals surface area contributed by atoms with Crippen LogP contribution in [-0.2, 0) is 13.6 Å². The third kappa shape index (κ3) is 3.10. The van der Waals surface area contributed by atoms with Crippen LogP contribution in [0, 0.1) is 5.92 Å². The first-order chi connectivity index (χ1) is 7.29. The summed E-state index contributed by atoms with van der Waals surface area (Å²) in [5.41, 5.74) is 1.38. The first kappa shape index (κ1) is 10.7. The second-order valence-corrected chi connectivity index (χ2v) is 4.78. The van der Waals surface area contributed by atoms with E-state index in [0.29, 0.717) is 6.04 Å². The Balaban J connectivity index is 1.77. The summed E-state index contributed by atoms with van der Waals surface area (Å²) in [6.07, 6.45) is 7.66. The first-order valence-corrected chi connectivity index (χ1v) is 6.13. The van der Waals surface area contributed by atoms with Crippen LogP contribution in [0.1, 0.15) is 38.3 Å². The lowest BCUT2D eigenvalue weighted by molar-refractivity contribution is 0.439. The summed E-state index contributed by atoms with van der Waals surface area (Å²) in [4.78, 5) is 0. The van der Waals surface area contributed by atoms with Crippen molar-refractivity contribution in [2.75, 3.05) is 0 Å². The number of aromatic nitrogens is 1. The third-order valence-electron chi connectivity index (χ3n) is 3.43. The van der Waals surface area contributed by atoms with Gasteiger partial charge in [-0.15, -0.1) is 0 Å². The van der Waals surface area contributed by atoms with Gasteiger partial charge in [-0.2, -0.15) is 0 Å². The zero-order valence-electron chi connectivity index (χ0n) is 9.87. The molecule has 1 aliphatic rings. The molecule has 84 valence electrons. The molecule has 1 unspecified atom stereocenters. The van der Waals surface area contributed by atoms with Gasteiger partial charge in [-0.25, -0.2) is 0 Å². The fourth-order valence-corrected chi connectivity index (χ4v) is 2.08. The summed E-state index contributed by atoms with van der Waals surface area (Å²) in [7, 11) is 2.11. The normalized spacial score (nSPS) is 18.0. The van der Waals surface area contributed by atoms with Crippen molar-refractivity contribution >= 4 is 0 Å². The Labute approximate surface area is 92.7 Å². The summed E-state index contributed by atoms with van der Waals surface area (Å²) >= 11 is 0. The Kier molecular flexibility index (Phi) is 3.47. The summed E-state index contributed by atoms with van der Waals surface area (Å²) < 4.78 is 2.19. The molecule has 0 aromatic carbocycles. The molecule has 1 saturated carbocycles. The monoisotopic (exact) mass is 206 g/mol. The summed E-state index contributed by atoms with van der Waals surface area (Å²) in [5.74, 6) is 1.02. The second kappa shape index (κ2) is 4.84. The van der Waals surface area contributed by atoms with Crippen LogP contribution in [-0.4, -0.2) is 10.6 Å². The van der Waals surface area contributed by atoms with Crippen molar-refractivity contribution in [3.8, 4) is 0 Å². The van der Waals surface area contributed by atoms with E-state index in [0.717, 1.165) is 12.5 Å². The maximum atomic E-state index is 3.66. The molecule has 0 amide bonds. The molecule has 0 bridgehead atoms. The van der Waals surface area contributed by atoms with E-state index in [1.165, 1.54) is 31.4 Å². The van der Waals surface area contributed by atoms with Crippen LogP contribution in [0.3, 0.4) is 0 Å². The fraction of sp³-hybridized carbons (Fsp3) is 0.692. The molecule has 2 rings (SSSR count). The van der Waals surface area contributed by atoms with Gasteiger partial charge in [-0.05, 0) is 30.9 Å². The Bertz CT molecular complexity index is 299. The zero-order chi connectivity index (χ0) is 10.7. The highest BCUT2D eigenvalue weighted by atomic mass is 15.0. The minimum Gasteiger partial charge on any atom is -0.353 e. The molecule has 1 atom stereocenters. The van der Waals surface area contributed by atoms with Gasteiger partial charge in [0.15, 0.2) is 0 Å². The molecule has 1 aromatic heterocycles. The molecule has 2 nitrogen and oxygen atoms in total.